The van der Waals surface area contributed by atoms with Crippen LogP contribution in [-0.2, 0) is 0 Å². The number of piperidine rings is 1. The summed E-state index contributed by atoms with van der Waals surface area (Å²) < 4.78 is 43.2. The van der Waals surface area contributed by atoms with Gasteiger partial charge in [-0.25, -0.2) is 9.78 Å². The minimum absolute atomic E-state index is 0.0590. The Bertz CT molecular complexity index is 508. The lowest BCUT2D eigenvalue weighted by Crippen LogP contribution is -2.46. The van der Waals surface area contributed by atoms with Crippen molar-refractivity contribution in [2.75, 3.05) is 25.5 Å². The van der Waals surface area contributed by atoms with Gasteiger partial charge in [0.25, 0.3) is 0 Å². The van der Waals surface area contributed by atoms with Crippen molar-refractivity contribution in [2.24, 2.45) is 5.92 Å². The van der Waals surface area contributed by atoms with Crippen molar-refractivity contribution in [3.05, 3.63) is 18.3 Å². The molecule has 0 bridgehead atoms. The molecule has 1 aromatic rings. The van der Waals surface area contributed by atoms with Crippen molar-refractivity contribution in [3.8, 4) is 5.88 Å². The molecule has 0 spiro atoms. The first-order chi connectivity index (χ1) is 9.91. The molecule has 116 valence electrons. The Labute approximate surface area is 120 Å². The van der Waals surface area contributed by atoms with Crippen LogP contribution in [0, 0.1) is 5.92 Å². The molecule has 1 saturated heterocycles. The molecule has 1 aliphatic heterocycles. The number of rotatable bonds is 2. The molecule has 1 fully saturated rings. The first kappa shape index (κ1) is 15.4. The van der Waals surface area contributed by atoms with Gasteiger partial charge in [0.15, 0.2) is 0 Å². The number of nitrogens with one attached hydrogen (secondary N) is 1. The fraction of sp³-hybridized carbons (Fsp3) is 0.538. The number of alkyl halides is 3. The van der Waals surface area contributed by atoms with Crippen LogP contribution in [0.15, 0.2) is 18.3 Å². The van der Waals surface area contributed by atoms with Crippen LogP contribution in [0.2, 0.25) is 0 Å². The number of amides is 2. The molecule has 0 saturated carbocycles. The Kier molecular flexibility index (Phi) is 4.54. The molecule has 2 heterocycles. The molecular formula is C13H16F3N3O2. The highest BCUT2D eigenvalue weighted by molar-refractivity contribution is 5.90. The van der Waals surface area contributed by atoms with Gasteiger partial charge < -0.3 is 15.0 Å². The molecule has 1 N–H and O–H groups in total. The standard InChI is InChI=1S/C13H16F3N3O2/c1-21-11-10(5-2-6-17-11)18-12(20)19-7-3-4-9(8-19)13(14,15)16/h2,5-6,9H,3-4,7-8H2,1H3,(H,18,20)/t9-/m0/s1. The van der Waals surface area contributed by atoms with Gasteiger partial charge in [-0.3, -0.25) is 0 Å². The molecule has 0 radical (unpaired) electrons. The Morgan fingerprint density at radius 3 is 2.95 bits per heavy atom. The maximum absolute atomic E-state index is 12.7. The van der Waals surface area contributed by atoms with Gasteiger partial charge in [-0.15, -0.1) is 0 Å². The molecule has 0 aliphatic carbocycles. The summed E-state index contributed by atoms with van der Waals surface area (Å²) in [4.78, 5) is 17.2. The van der Waals surface area contributed by atoms with Gasteiger partial charge in [-0.05, 0) is 25.0 Å². The summed E-state index contributed by atoms with van der Waals surface area (Å²) in [6.45, 7) is -0.0150. The Balaban J connectivity index is 2.03. The van der Waals surface area contributed by atoms with E-state index in [-0.39, 0.29) is 18.8 Å². The van der Waals surface area contributed by atoms with Crippen molar-refractivity contribution in [1.29, 1.82) is 0 Å². The fourth-order valence-corrected chi connectivity index (χ4v) is 2.27. The zero-order valence-corrected chi connectivity index (χ0v) is 11.5. The van der Waals surface area contributed by atoms with Crippen LogP contribution in [0.1, 0.15) is 12.8 Å². The number of halogens is 3. The quantitative estimate of drug-likeness (QED) is 0.914. The van der Waals surface area contributed by atoms with Crippen molar-refractivity contribution in [2.45, 2.75) is 19.0 Å². The number of hydrogen-bond acceptors (Lipinski definition) is 3. The number of anilines is 1. The number of hydrogen-bond donors (Lipinski definition) is 1. The summed E-state index contributed by atoms with van der Waals surface area (Å²) in [6.07, 6.45) is -2.38. The van der Waals surface area contributed by atoms with E-state index in [0.717, 1.165) is 0 Å². The van der Waals surface area contributed by atoms with E-state index in [4.69, 9.17) is 4.74 Å². The van der Waals surface area contributed by atoms with E-state index < -0.39 is 18.1 Å². The van der Waals surface area contributed by atoms with E-state index in [1.54, 1.807) is 12.1 Å². The normalized spacial score (nSPS) is 19.2. The summed E-state index contributed by atoms with van der Waals surface area (Å²) in [7, 11) is 1.40. The van der Waals surface area contributed by atoms with Crippen LogP contribution < -0.4 is 10.1 Å². The molecule has 8 heteroatoms. The predicted molar refractivity (Wildman–Crippen MR) is 70.2 cm³/mol. The minimum atomic E-state index is -4.27. The van der Waals surface area contributed by atoms with Gasteiger partial charge >= 0.3 is 12.2 Å². The van der Waals surface area contributed by atoms with Crippen LogP contribution >= 0.6 is 0 Å². The number of pyridine rings is 1. The highest BCUT2D eigenvalue weighted by Gasteiger charge is 2.42. The second-order valence-electron chi connectivity index (χ2n) is 4.82. The zero-order chi connectivity index (χ0) is 15.5. The van der Waals surface area contributed by atoms with Crippen LogP contribution in [0.3, 0.4) is 0 Å². The number of urea groups is 1. The molecule has 2 rings (SSSR count). The third-order valence-electron chi connectivity index (χ3n) is 3.38. The van der Waals surface area contributed by atoms with Crippen molar-refractivity contribution < 1.29 is 22.7 Å². The van der Waals surface area contributed by atoms with Crippen molar-refractivity contribution in [3.63, 3.8) is 0 Å². The van der Waals surface area contributed by atoms with E-state index in [1.807, 2.05) is 0 Å². The molecule has 2 amide bonds. The van der Waals surface area contributed by atoms with Gasteiger partial charge in [0.1, 0.15) is 5.69 Å². The number of aromatic nitrogens is 1. The number of likely N-dealkylation sites (tertiary alicyclic amines) is 1. The smallest absolute Gasteiger partial charge is 0.393 e. The molecule has 0 aromatic carbocycles. The second-order valence-corrected chi connectivity index (χ2v) is 4.82. The fourth-order valence-electron chi connectivity index (χ4n) is 2.27. The van der Waals surface area contributed by atoms with Gasteiger partial charge in [0.2, 0.25) is 5.88 Å². The van der Waals surface area contributed by atoms with Crippen molar-refractivity contribution in [1.82, 2.24) is 9.88 Å². The van der Waals surface area contributed by atoms with Gasteiger partial charge in [0, 0.05) is 19.3 Å². The molecule has 1 aromatic heterocycles. The van der Waals surface area contributed by atoms with Gasteiger partial charge in [-0.1, -0.05) is 0 Å². The minimum Gasteiger partial charge on any atom is -0.480 e. The lowest BCUT2D eigenvalue weighted by molar-refractivity contribution is -0.183. The summed E-state index contributed by atoms with van der Waals surface area (Å²) in [5.41, 5.74) is 0.333. The first-order valence-electron chi connectivity index (χ1n) is 6.53. The monoisotopic (exact) mass is 303 g/mol. The molecule has 5 nitrogen and oxygen atoms in total. The predicted octanol–water partition coefficient (Wildman–Crippen LogP) is 2.90. The lowest BCUT2D eigenvalue weighted by atomic mass is 9.98. The lowest BCUT2D eigenvalue weighted by Gasteiger charge is -2.33. The van der Waals surface area contributed by atoms with Gasteiger partial charge in [0.05, 0.1) is 13.0 Å². The summed E-state index contributed by atoms with van der Waals surface area (Å²) in [5.74, 6) is -1.25. The van der Waals surface area contributed by atoms with Crippen LogP contribution in [0.4, 0.5) is 23.7 Å². The van der Waals surface area contributed by atoms with E-state index in [9.17, 15) is 18.0 Å². The Morgan fingerprint density at radius 2 is 2.29 bits per heavy atom. The van der Waals surface area contributed by atoms with E-state index in [0.29, 0.717) is 18.7 Å². The molecule has 1 aliphatic rings. The number of carbonyl (C=O) groups is 1. The van der Waals surface area contributed by atoms with Crippen LogP contribution in [0.5, 0.6) is 5.88 Å². The maximum Gasteiger partial charge on any atom is 0.393 e. The number of nitrogens with zero attached hydrogens (tertiary/aromatic N) is 2. The highest BCUT2D eigenvalue weighted by Crippen LogP contribution is 2.33. The Hall–Kier alpha value is -1.99. The zero-order valence-electron chi connectivity index (χ0n) is 11.5. The molecule has 0 unspecified atom stereocenters. The summed E-state index contributed by atoms with van der Waals surface area (Å²) in [5, 5.41) is 2.54. The second kappa shape index (κ2) is 6.19. The topological polar surface area (TPSA) is 54.5 Å². The third kappa shape index (κ3) is 3.77. The van der Waals surface area contributed by atoms with E-state index in [1.165, 1.54) is 18.2 Å². The third-order valence-corrected chi connectivity index (χ3v) is 3.38. The SMILES string of the molecule is COc1ncccc1NC(=O)N1CCC[C@H](C(F)(F)F)C1. The molecule has 21 heavy (non-hydrogen) atoms. The maximum atomic E-state index is 12.7. The first-order valence-corrected chi connectivity index (χ1v) is 6.53. The van der Waals surface area contributed by atoms with Crippen LogP contribution in [-0.4, -0.2) is 42.3 Å². The molecule has 1 atom stereocenters. The van der Waals surface area contributed by atoms with E-state index in [2.05, 4.69) is 10.3 Å². The van der Waals surface area contributed by atoms with E-state index >= 15 is 0 Å². The summed E-state index contributed by atoms with van der Waals surface area (Å²) in [6, 6.07) is 2.61. The average Bonchev–Trinajstić information content (AvgIpc) is 2.47. The number of ether oxygens (including phenoxy) is 1. The largest absolute Gasteiger partial charge is 0.480 e. The Morgan fingerprint density at radius 1 is 1.52 bits per heavy atom. The number of methoxy groups -OCH3 is 1. The summed E-state index contributed by atoms with van der Waals surface area (Å²) >= 11 is 0. The van der Waals surface area contributed by atoms with Gasteiger partial charge in [-0.2, -0.15) is 13.2 Å². The van der Waals surface area contributed by atoms with Crippen LogP contribution in [0.25, 0.3) is 0 Å². The highest BCUT2D eigenvalue weighted by atomic mass is 19.4. The number of carbonyl (C=O) groups excluding carboxylic acids is 1. The van der Waals surface area contributed by atoms with Crippen molar-refractivity contribution >= 4 is 11.7 Å². The average molecular weight is 303 g/mol. The molecular weight excluding hydrogens is 287 g/mol.